The van der Waals surface area contributed by atoms with Crippen molar-refractivity contribution in [2.75, 3.05) is 0 Å². The average Bonchev–Trinajstić information content (AvgIpc) is 3.36. The van der Waals surface area contributed by atoms with Crippen LogP contribution in [0.1, 0.15) is 17.7 Å². The molecule has 0 aliphatic rings. The van der Waals surface area contributed by atoms with Crippen molar-refractivity contribution in [2.45, 2.75) is 36.1 Å². The van der Waals surface area contributed by atoms with Crippen LogP contribution < -0.4 is 0 Å². The van der Waals surface area contributed by atoms with E-state index < -0.39 is 9.84 Å². The summed E-state index contributed by atoms with van der Waals surface area (Å²) in [6, 6.07) is 20.4. The number of sulfone groups is 1. The standard InChI is InChI=1S/C23H22ClN3O2S/c1-18-16-23(27(25-18)14-7-10-19-8-3-2-4-9-19)26-15-13-20(17-26)30(28,29)22-12-6-5-11-21(22)24/h2-6,8-9,11-13,15-17H,7,10,14H2,1H3. The van der Waals surface area contributed by atoms with Gasteiger partial charge in [0.2, 0.25) is 9.84 Å². The van der Waals surface area contributed by atoms with Crippen molar-refractivity contribution in [1.82, 2.24) is 14.3 Å². The van der Waals surface area contributed by atoms with Crippen molar-refractivity contribution < 1.29 is 8.42 Å². The van der Waals surface area contributed by atoms with E-state index in [0.717, 1.165) is 30.9 Å². The van der Waals surface area contributed by atoms with Gasteiger partial charge in [-0.2, -0.15) is 5.10 Å². The number of aryl methyl sites for hydroxylation is 3. The molecule has 4 aromatic rings. The lowest BCUT2D eigenvalue weighted by Crippen LogP contribution is -2.08. The molecule has 0 saturated carbocycles. The molecule has 0 unspecified atom stereocenters. The quantitative estimate of drug-likeness (QED) is 0.402. The fourth-order valence-electron chi connectivity index (χ4n) is 3.45. The molecule has 4 rings (SSSR count). The molecular formula is C23H22ClN3O2S. The molecule has 2 aromatic heterocycles. The van der Waals surface area contributed by atoms with E-state index in [2.05, 4.69) is 17.2 Å². The van der Waals surface area contributed by atoms with Crippen LogP contribution in [-0.4, -0.2) is 22.8 Å². The van der Waals surface area contributed by atoms with Gasteiger partial charge in [0.15, 0.2) is 0 Å². The van der Waals surface area contributed by atoms with E-state index in [-0.39, 0.29) is 14.8 Å². The molecule has 0 fully saturated rings. The minimum Gasteiger partial charge on any atom is -0.307 e. The third-order valence-electron chi connectivity index (χ3n) is 4.93. The van der Waals surface area contributed by atoms with E-state index in [1.54, 1.807) is 41.2 Å². The molecule has 0 atom stereocenters. The molecule has 0 saturated heterocycles. The fourth-order valence-corrected chi connectivity index (χ4v) is 5.22. The first-order chi connectivity index (χ1) is 14.4. The van der Waals surface area contributed by atoms with Crippen LogP contribution in [0, 0.1) is 6.92 Å². The summed E-state index contributed by atoms with van der Waals surface area (Å²) in [7, 11) is -3.70. The number of rotatable bonds is 7. The highest BCUT2D eigenvalue weighted by Gasteiger charge is 2.22. The third-order valence-corrected chi connectivity index (χ3v) is 7.16. The SMILES string of the molecule is Cc1cc(-n2ccc(S(=O)(=O)c3ccccc3Cl)c2)n(CCCc2ccccc2)n1. The maximum absolute atomic E-state index is 13.0. The smallest absolute Gasteiger partial charge is 0.209 e. The predicted molar refractivity (Wildman–Crippen MR) is 118 cm³/mol. The minimum atomic E-state index is -3.70. The maximum Gasteiger partial charge on any atom is 0.209 e. The number of halogens is 1. The van der Waals surface area contributed by atoms with Crippen molar-refractivity contribution in [3.05, 3.63) is 95.4 Å². The zero-order valence-electron chi connectivity index (χ0n) is 16.6. The molecule has 2 aromatic carbocycles. The van der Waals surface area contributed by atoms with Gasteiger partial charge in [-0.1, -0.05) is 54.1 Å². The first kappa shape index (κ1) is 20.4. The van der Waals surface area contributed by atoms with Gasteiger partial charge >= 0.3 is 0 Å². The highest BCUT2D eigenvalue weighted by molar-refractivity contribution is 7.91. The van der Waals surface area contributed by atoms with Crippen LogP contribution in [0.15, 0.2) is 88.9 Å². The monoisotopic (exact) mass is 439 g/mol. The van der Waals surface area contributed by atoms with Gasteiger partial charge in [0.25, 0.3) is 0 Å². The van der Waals surface area contributed by atoms with Crippen molar-refractivity contribution >= 4 is 21.4 Å². The fraction of sp³-hybridized carbons (Fsp3) is 0.174. The summed E-state index contributed by atoms with van der Waals surface area (Å²) in [5.74, 6) is 0.834. The Morgan fingerprint density at radius 2 is 1.73 bits per heavy atom. The first-order valence-corrected chi connectivity index (χ1v) is 11.6. The normalized spacial score (nSPS) is 11.7. The Kier molecular flexibility index (Phi) is 5.79. The largest absolute Gasteiger partial charge is 0.307 e. The summed E-state index contributed by atoms with van der Waals surface area (Å²) in [4.78, 5) is 0.308. The van der Waals surface area contributed by atoms with Crippen LogP contribution in [0.25, 0.3) is 5.82 Å². The zero-order valence-corrected chi connectivity index (χ0v) is 18.1. The van der Waals surface area contributed by atoms with Gasteiger partial charge in [0.05, 0.1) is 20.5 Å². The Bertz CT molecular complexity index is 1260. The molecule has 0 radical (unpaired) electrons. The number of nitrogens with zero attached hydrogens (tertiary/aromatic N) is 3. The summed E-state index contributed by atoms with van der Waals surface area (Å²) in [6.45, 7) is 2.67. The van der Waals surface area contributed by atoms with Crippen molar-refractivity contribution in [2.24, 2.45) is 0 Å². The molecule has 0 spiro atoms. The molecule has 2 heterocycles. The van der Waals surface area contributed by atoms with Crippen LogP contribution in [0.5, 0.6) is 0 Å². The summed E-state index contributed by atoms with van der Waals surface area (Å²) >= 11 is 6.12. The Morgan fingerprint density at radius 1 is 1.00 bits per heavy atom. The van der Waals surface area contributed by atoms with Gasteiger partial charge < -0.3 is 4.57 Å². The van der Waals surface area contributed by atoms with E-state index in [1.165, 1.54) is 11.6 Å². The average molecular weight is 440 g/mol. The number of benzene rings is 2. The minimum absolute atomic E-state index is 0.108. The van der Waals surface area contributed by atoms with E-state index in [4.69, 9.17) is 11.6 Å². The second-order valence-electron chi connectivity index (χ2n) is 7.14. The molecule has 0 N–H and O–H groups in total. The summed E-state index contributed by atoms with van der Waals surface area (Å²) < 4.78 is 29.7. The zero-order chi connectivity index (χ0) is 21.1. The topological polar surface area (TPSA) is 56.9 Å². The molecule has 0 aliphatic carbocycles. The molecular weight excluding hydrogens is 418 g/mol. The second kappa shape index (κ2) is 8.50. The Morgan fingerprint density at radius 3 is 2.50 bits per heavy atom. The predicted octanol–water partition coefficient (Wildman–Crippen LogP) is 5.10. The summed E-state index contributed by atoms with van der Waals surface area (Å²) in [5, 5.41) is 4.80. The molecule has 0 aliphatic heterocycles. The van der Waals surface area contributed by atoms with Crippen molar-refractivity contribution in [1.29, 1.82) is 0 Å². The maximum atomic E-state index is 13.0. The summed E-state index contributed by atoms with van der Waals surface area (Å²) in [6.07, 6.45) is 5.25. The van der Waals surface area contributed by atoms with Crippen LogP contribution in [-0.2, 0) is 22.8 Å². The van der Waals surface area contributed by atoms with Crippen LogP contribution in [0.3, 0.4) is 0 Å². The molecule has 30 heavy (non-hydrogen) atoms. The number of hydrogen-bond acceptors (Lipinski definition) is 3. The van der Waals surface area contributed by atoms with Gasteiger partial charge in [0, 0.05) is 25.0 Å². The highest BCUT2D eigenvalue weighted by Crippen LogP contribution is 2.28. The van der Waals surface area contributed by atoms with Gasteiger partial charge in [0.1, 0.15) is 5.82 Å². The molecule has 0 bridgehead atoms. The van der Waals surface area contributed by atoms with Gasteiger partial charge in [-0.3, -0.25) is 0 Å². The van der Waals surface area contributed by atoms with E-state index >= 15 is 0 Å². The van der Waals surface area contributed by atoms with E-state index in [0.29, 0.717) is 0 Å². The summed E-state index contributed by atoms with van der Waals surface area (Å²) in [5.41, 5.74) is 2.17. The van der Waals surface area contributed by atoms with Crippen molar-refractivity contribution in [3.8, 4) is 5.82 Å². The first-order valence-electron chi connectivity index (χ1n) is 9.71. The van der Waals surface area contributed by atoms with Gasteiger partial charge in [-0.25, -0.2) is 13.1 Å². The van der Waals surface area contributed by atoms with E-state index in [1.807, 2.05) is 35.9 Å². The number of hydrogen-bond donors (Lipinski definition) is 0. The Balaban J connectivity index is 1.57. The van der Waals surface area contributed by atoms with Gasteiger partial charge in [-0.05, 0) is 43.5 Å². The highest BCUT2D eigenvalue weighted by atomic mass is 35.5. The van der Waals surface area contributed by atoms with Crippen LogP contribution in [0.2, 0.25) is 5.02 Å². The Labute approximate surface area is 181 Å². The van der Waals surface area contributed by atoms with Crippen molar-refractivity contribution in [3.63, 3.8) is 0 Å². The van der Waals surface area contributed by atoms with E-state index in [9.17, 15) is 8.42 Å². The van der Waals surface area contributed by atoms with Crippen LogP contribution >= 0.6 is 11.6 Å². The lowest BCUT2D eigenvalue weighted by molar-refractivity contribution is 0.563. The third kappa shape index (κ3) is 4.20. The lowest BCUT2D eigenvalue weighted by atomic mass is 10.1. The Hall–Kier alpha value is -2.83. The molecule has 7 heteroatoms. The lowest BCUT2D eigenvalue weighted by Gasteiger charge is -2.09. The molecule has 5 nitrogen and oxygen atoms in total. The molecule has 0 amide bonds. The van der Waals surface area contributed by atoms with Crippen LogP contribution in [0.4, 0.5) is 0 Å². The second-order valence-corrected chi connectivity index (χ2v) is 9.47. The van der Waals surface area contributed by atoms with Gasteiger partial charge in [-0.15, -0.1) is 0 Å². The molecule has 154 valence electrons. The number of aromatic nitrogens is 3.